The fraction of sp³-hybridized carbons (Fsp3) is 0.280. The van der Waals surface area contributed by atoms with Crippen molar-refractivity contribution < 1.29 is 9.53 Å². The number of hydrogen-bond acceptors (Lipinski definition) is 6. The summed E-state index contributed by atoms with van der Waals surface area (Å²) >= 11 is 0. The Kier molecular flexibility index (Phi) is 6.53. The molecule has 0 spiro atoms. The summed E-state index contributed by atoms with van der Waals surface area (Å²) in [5, 5.41) is 6.04. The van der Waals surface area contributed by atoms with E-state index in [1.54, 1.807) is 26.6 Å². The van der Waals surface area contributed by atoms with Gasteiger partial charge in [0.05, 0.1) is 30.2 Å². The first-order chi connectivity index (χ1) is 16.0. The van der Waals surface area contributed by atoms with Gasteiger partial charge in [-0.3, -0.25) is 4.79 Å². The number of hydrogen-bond donors (Lipinski definition) is 2. The number of aromatic nitrogens is 4. The lowest BCUT2D eigenvalue weighted by atomic mass is 9.95. The summed E-state index contributed by atoms with van der Waals surface area (Å²) in [6.07, 6.45) is 4.25. The Bertz CT molecular complexity index is 1280. The van der Waals surface area contributed by atoms with Crippen molar-refractivity contribution in [2.75, 3.05) is 26.0 Å². The molecule has 2 heterocycles. The highest BCUT2D eigenvalue weighted by Gasteiger charge is 2.14. The number of amides is 1. The van der Waals surface area contributed by atoms with E-state index in [-0.39, 0.29) is 11.8 Å². The molecule has 2 N–H and O–H groups in total. The maximum atomic E-state index is 11.9. The van der Waals surface area contributed by atoms with Crippen molar-refractivity contribution >= 4 is 22.8 Å². The van der Waals surface area contributed by atoms with Crippen LogP contribution in [0.1, 0.15) is 35.2 Å². The van der Waals surface area contributed by atoms with E-state index in [9.17, 15) is 4.79 Å². The molecule has 4 rings (SSSR count). The van der Waals surface area contributed by atoms with Gasteiger partial charge in [-0.05, 0) is 42.2 Å². The summed E-state index contributed by atoms with van der Waals surface area (Å²) in [7, 11) is 5.23. The minimum Gasteiger partial charge on any atom is -0.496 e. The van der Waals surface area contributed by atoms with Gasteiger partial charge in [-0.1, -0.05) is 19.1 Å². The lowest BCUT2D eigenvalue weighted by Crippen LogP contribution is -2.18. The highest BCUT2D eigenvalue weighted by Crippen LogP contribution is 2.30. The van der Waals surface area contributed by atoms with Crippen molar-refractivity contribution in [1.29, 1.82) is 0 Å². The Morgan fingerprint density at radius 3 is 2.76 bits per heavy atom. The van der Waals surface area contributed by atoms with Crippen LogP contribution in [-0.2, 0) is 7.05 Å². The van der Waals surface area contributed by atoms with Crippen LogP contribution in [0.5, 0.6) is 5.75 Å². The monoisotopic (exact) mass is 444 g/mol. The number of imidazole rings is 1. The SMILES string of the molecule is CNC(=O)c1ccc(C(C)CCNc2cc(-c3ccc4c(c3)ncn4C)ncn2)c(OC)c1. The fourth-order valence-corrected chi connectivity index (χ4v) is 3.88. The topological polar surface area (TPSA) is 94.0 Å². The molecule has 0 radical (unpaired) electrons. The third-order valence-electron chi connectivity index (χ3n) is 5.83. The maximum absolute atomic E-state index is 11.9. The van der Waals surface area contributed by atoms with Crippen molar-refractivity contribution in [3.63, 3.8) is 0 Å². The normalized spacial score (nSPS) is 11.9. The van der Waals surface area contributed by atoms with Crippen LogP contribution in [0.15, 0.2) is 55.1 Å². The van der Waals surface area contributed by atoms with E-state index < -0.39 is 0 Å². The number of rotatable bonds is 8. The number of ether oxygens (including phenoxy) is 1. The lowest BCUT2D eigenvalue weighted by molar-refractivity contribution is 0.0962. The molecule has 170 valence electrons. The van der Waals surface area contributed by atoms with Crippen molar-refractivity contribution in [3.8, 4) is 17.0 Å². The van der Waals surface area contributed by atoms with E-state index >= 15 is 0 Å². The van der Waals surface area contributed by atoms with Gasteiger partial charge in [0.15, 0.2) is 0 Å². The van der Waals surface area contributed by atoms with Gasteiger partial charge in [0, 0.05) is 37.8 Å². The quantitative estimate of drug-likeness (QED) is 0.427. The summed E-state index contributed by atoms with van der Waals surface area (Å²) in [6.45, 7) is 2.88. The highest BCUT2D eigenvalue weighted by atomic mass is 16.5. The summed E-state index contributed by atoms with van der Waals surface area (Å²) in [5.41, 5.74) is 5.52. The van der Waals surface area contributed by atoms with Gasteiger partial charge in [-0.15, -0.1) is 0 Å². The predicted octanol–water partition coefficient (Wildman–Crippen LogP) is 4.00. The molecule has 33 heavy (non-hydrogen) atoms. The van der Waals surface area contributed by atoms with Gasteiger partial charge in [0.25, 0.3) is 5.91 Å². The van der Waals surface area contributed by atoms with E-state index in [4.69, 9.17) is 4.74 Å². The smallest absolute Gasteiger partial charge is 0.251 e. The molecular formula is C25H28N6O2. The van der Waals surface area contributed by atoms with E-state index in [2.05, 4.69) is 38.6 Å². The van der Waals surface area contributed by atoms with E-state index in [0.29, 0.717) is 5.56 Å². The number of methoxy groups -OCH3 is 1. The molecule has 1 unspecified atom stereocenters. The van der Waals surface area contributed by atoms with Crippen molar-refractivity contribution in [3.05, 3.63) is 66.2 Å². The van der Waals surface area contributed by atoms with Crippen LogP contribution in [0.3, 0.4) is 0 Å². The molecule has 8 heteroatoms. The van der Waals surface area contributed by atoms with Gasteiger partial charge in [-0.25, -0.2) is 15.0 Å². The minimum atomic E-state index is -0.129. The Morgan fingerprint density at radius 2 is 1.97 bits per heavy atom. The third-order valence-corrected chi connectivity index (χ3v) is 5.83. The van der Waals surface area contributed by atoms with E-state index in [1.165, 1.54) is 0 Å². The first kappa shape index (κ1) is 22.3. The van der Waals surface area contributed by atoms with Gasteiger partial charge >= 0.3 is 0 Å². The first-order valence-corrected chi connectivity index (χ1v) is 10.9. The molecule has 2 aromatic heterocycles. The molecule has 0 fully saturated rings. The van der Waals surface area contributed by atoms with Crippen LogP contribution in [0.25, 0.3) is 22.3 Å². The molecule has 0 aliphatic heterocycles. The second-order valence-electron chi connectivity index (χ2n) is 8.00. The second kappa shape index (κ2) is 9.68. The van der Waals surface area contributed by atoms with Crippen LogP contribution in [0, 0.1) is 0 Å². The number of anilines is 1. The van der Waals surface area contributed by atoms with Gasteiger partial charge in [-0.2, -0.15) is 0 Å². The molecule has 2 aromatic carbocycles. The fourth-order valence-electron chi connectivity index (χ4n) is 3.88. The second-order valence-corrected chi connectivity index (χ2v) is 8.00. The number of carbonyl (C=O) groups excluding carboxylic acids is 1. The average Bonchev–Trinajstić information content (AvgIpc) is 3.23. The largest absolute Gasteiger partial charge is 0.496 e. The molecule has 0 aliphatic rings. The number of nitrogens with one attached hydrogen (secondary N) is 2. The number of nitrogens with zero attached hydrogens (tertiary/aromatic N) is 4. The summed E-state index contributed by atoms with van der Waals surface area (Å²) in [6, 6.07) is 13.7. The molecule has 1 amide bonds. The average molecular weight is 445 g/mol. The van der Waals surface area contributed by atoms with Gasteiger partial charge in [0.1, 0.15) is 17.9 Å². The van der Waals surface area contributed by atoms with Crippen molar-refractivity contribution in [2.24, 2.45) is 7.05 Å². The Labute approximate surface area is 193 Å². The van der Waals surface area contributed by atoms with Gasteiger partial charge in [0.2, 0.25) is 0 Å². The molecule has 0 saturated carbocycles. The summed E-state index contributed by atoms with van der Waals surface area (Å²) < 4.78 is 7.53. The molecule has 0 aliphatic carbocycles. The Balaban J connectivity index is 1.42. The molecule has 8 nitrogen and oxygen atoms in total. The lowest BCUT2D eigenvalue weighted by Gasteiger charge is -2.17. The molecule has 4 aromatic rings. The molecule has 1 atom stereocenters. The zero-order valence-corrected chi connectivity index (χ0v) is 19.3. The van der Waals surface area contributed by atoms with Crippen LogP contribution in [0.4, 0.5) is 5.82 Å². The zero-order chi connectivity index (χ0) is 23.4. The minimum absolute atomic E-state index is 0.129. The molecule has 0 bridgehead atoms. The zero-order valence-electron chi connectivity index (χ0n) is 19.3. The summed E-state index contributed by atoms with van der Waals surface area (Å²) in [5.74, 6) is 1.60. The molecule has 0 saturated heterocycles. The first-order valence-electron chi connectivity index (χ1n) is 10.9. The van der Waals surface area contributed by atoms with Crippen LogP contribution >= 0.6 is 0 Å². The maximum Gasteiger partial charge on any atom is 0.251 e. The summed E-state index contributed by atoms with van der Waals surface area (Å²) in [4.78, 5) is 25.1. The van der Waals surface area contributed by atoms with E-state index in [1.807, 2.05) is 48.3 Å². The van der Waals surface area contributed by atoms with Crippen molar-refractivity contribution in [2.45, 2.75) is 19.3 Å². The Hall–Kier alpha value is -3.94. The highest BCUT2D eigenvalue weighted by molar-refractivity contribution is 5.94. The Morgan fingerprint density at radius 1 is 1.12 bits per heavy atom. The van der Waals surface area contributed by atoms with Crippen LogP contribution in [0.2, 0.25) is 0 Å². The van der Waals surface area contributed by atoms with Gasteiger partial charge < -0.3 is 19.9 Å². The van der Waals surface area contributed by atoms with Crippen LogP contribution in [-0.4, -0.2) is 46.1 Å². The number of benzene rings is 2. The van der Waals surface area contributed by atoms with Crippen LogP contribution < -0.4 is 15.4 Å². The number of aryl methyl sites for hydroxylation is 1. The van der Waals surface area contributed by atoms with E-state index in [0.717, 1.165) is 52.4 Å². The predicted molar refractivity (Wildman–Crippen MR) is 130 cm³/mol. The third kappa shape index (κ3) is 4.79. The number of carbonyl (C=O) groups is 1. The molecular weight excluding hydrogens is 416 g/mol. The standard InChI is InChI=1S/C25H28N6O2/c1-16(19-7-5-18(25(32)26-2)12-23(19)33-4)9-10-27-24-13-20(28-14-29-24)17-6-8-22-21(11-17)30-15-31(22)3/h5-8,11-16H,9-10H2,1-4H3,(H,26,32)(H,27,28,29). The van der Waals surface area contributed by atoms with Crippen molar-refractivity contribution in [1.82, 2.24) is 24.8 Å². The number of fused-ring (bicyclic) bond motifs is 1.